The molecule has 1 N–H and O–H groups in total. The number of terminal acetylenes is 1. The van der Waals surface area contributed by atoms with Gasteiger partial charge in [0.2, 0.25) is 0 Å². The molecule has 1 aromatic carbocycles. The first-order valence-corrected chi connectivity index (χ1v) is 5.52. The summed E-state index contributed by atoms with van der Waals surface area (Å²) in [6, 6.07) is 4.08. The van der Waals surface area contributed by atoms with E-state index in [1.807, 2.05) is 6.92 Å². The zero-order valence-electron chi connectivity index (χ0n) is 10.3. The Balaban J connectivity index is 3.13. The summed E-state index contributed by atoms with van der Waals surface area (Å²) in [4.78, 5) is 22.3. The molecule has 0 aliphatic carbocycles. The number of carbonyl (C=O) groups is 1. The second-order valence-electron chi connectivity index (χ2n) is 3.83. The zero-order valence-corrected chi connectivity index (χ0v) is 10.3. The van der Waals surface area contributed by atoms with Crippen molar-refractivity contribution in [1.82, 2.24) is 5.32 Å². The van der Waals surface area contributed by atoms with Crippen molar-refractivity contribution in [3.8, 4) is 12.3 Å². The van der Waals surface area contributed by atoms with Crippen LogP contribution in [-0.2, 0) is 0 Å². The highest BCUT2D eigenvalue weighted by atomic mass is 16.6. The van der Waals surface area contributed by atoms with Crippen molar-refractivity contribution in [2.24, 2.45) is 0 Å². The number of nitrogens with one attached hydrogen (secondary N) is 1. The molecule has 0 saturated carbocycles. The van der Waals surface area contributed by atoms with E-state index in [0.717, 1.165) is 0 Å². The van der Waals surface area contributed by atoms with E-state index in [1.165, 1.54) is 6.07 Å². The highest BCUT2D eigenvalue weighted by molar-refractivity contribution is 5.99. The van der Waals surface area contributed by atoms with Crippen molar-refractivity contribution >= 4 is 11.6 Å². The van der Waals surface area contributed by atoms with Gasteiger partial charge in [-0.1, -0.05) is 25.0 Å². The molecule has 0 radical (unpaired) electrons. The van der Waals surface area contributed by atoms with Gasteiger partial charge in [-0.25, -0.2) is 0 Å². The predicted molar refractivity (Wildman–Crippen MR) is 68.2 cm³/mol. The lowest BCUT2D eigenvalue weighted by molar-refractivity contribution is -0.385. The fraction of sp³-hybridized carbons (Fsp3) is 0.308. The van der Waals surface area contributed by atoms with E-state index in [-0.39, 0.29) is 11.3 Å². The third-order valence-corrected chi connectivity index (χ3v) is 2.59. The standard InChI is InChI=1S/C13H14N2O3/c1-4-10(5-2)14-13(16)12-9(3)7-6-8-11(12)15(17)18/h1,6-8,10H,5H2,2-3H3,(H,14,16). The first-order chi connectivity index (χ1) is 8.51. The van der Waals surface area contributed by atoms with Crippen LogP contribution < -0.4 is 5.32 Å². The third kappa shape index (κ3) is 2.86. The fourth-order valence-electron chi connectivity index (χ4n) is 1.59. The van der Waals surface area contributed by atoms with Gasteiger partial charge in [0.05, 0.1) is 11.0 Å². The Labute approximate surface area is 105 Å². The molecule has 94 valence electrons. The van der Waals surface area contributed by atoms with Crippen LogP contribution in [0.2, 0.25) is 0 Å². The number of aryl methyl sites for hydroxylation is 1. The number of hydrogen-bond acceptors (Lipinski definition) is 3. The van der Waals surface area contributed by atoms with Crippen molar-refractivity contribution in [2.75, 3.05) is 0 Å². The number of benzene rings is 1. The minimum atomic E-state index is -0.571. The largest absolute Gasteiger partial charge is 0.338 e. The molecular formula is C13H14N2O3. The highest BCUT2D eigenvalue weighted by Crippen LogP contribution is 2.21. The summed E-state index contributed by atoms with van der Waals surface area (Å²) < 4.78 is 0. The van der Waals surface area contributed by atoms with E-state index in [4.69, 9.17) is 6.42 Å². The maximum absolute atomic E-state index is 12.0. The Morgan fingerprint density at radius 1 is 1.61 bits per heavy atom. The van der Waals surface area contributed by atoms with Crippen molar-refractivity contribution in [3.05, 3.63) is 39.4 Å². The quantitative estimate of drug-likeness (QED) is 0.502. The van der Waals surface area contributed by atoms with Crippen LogP contribution in [0.1, 0.15) is 29.3 Å². The second-order valence-corrected chi connectivity index (χ2v) is 3.83. The summed E-state index contributed by atoms with van der Waals surface area (Å²) >= 11 is 0. The topological polar surface area (TPSA) is 72.2 Å². The fourth-order valence-corrected chi connectivity index (χ4v) is 1.59. The summed E-state index contributed by atoms with van der Waals surface area (Å²) in [5.74, 6) is 1.91. The van der Waals surface area contributed by atoms with Crippen molar-refractivity contribution in [2.45, 2.75) is 26.3 Å². The van der Waals surface area contributed by atoms with Gasteiger partial charge in [0.15, 0.2) is 0 Å². The molecule has 5 heteroatoms. The molecule has 0 spiro atoms. The summed E-state index contributed by atoms with van der Waals surface area (Å²) in [6.45, 7) is 3.48. The van der Waals surface area contributed by atoms with Crippen molar-refractivity contribution in [1.29, 1.82) is 0 Å². The molecule has 1 amide bonds. The molecule has 0 fully saturated rings. The van der Waals surface area contributed by atoms with Gasteiger partial charge < -0.3 is 5.32 Å². The van der Waals surface area contributed by atoms with Gasteiger partial charge in [-0.3, -0.25) is 14.9 Å². The van der Waals surface area contributed by atoms with Crippen molar-refractivity contribution < 1.29 is 9.72 Å². The van der Waals surface area contributed by atoms with Crippen LogP contribution in [0.4, 0.5) is 5.69 Å². The van der Waals surface area contributed by atoms with Gasteiger partial charge in [0.1, 0.15) is 5.56 Å². The van der Waals surface area contributed by atoms with Crippen LogP contribution in [0, 0.1) is 29.4 Å². The summed E-state index contributed by atoms with van der Waals surface area (Å²) in [7, 11) is 0. The highest BCUT2D eigenvalue weighted by Gasteiger charge is 2.23. The molecule has 1 rings (SSSR count). The van der Waals surface area contributed by atoms with E-state index in [9.17, 15) is 14.9 Å². The van der Waals surface area contributed by atoms with Crippen LogP contribution in [0.25, 0.3) is 0 Å². The molecule has 0 heterocycles. The average molecular weight is 246 g/mol. The molecule has 0 aromatic heterocycles. The monoisotopic (exact) mass is 246 g/mol. The lowest BCUT2D eigenvalue weighted by Gasteiger charge is -2.12. The molecule has 0 aliphatic heterocycles. The van der Waals surface area contributed by atoms with Crippen LogP contribution in [0.3, 0.4) is 0 Å². The number of hydrogen-bond donors (Lipinski definition) is 1. The van der Waals surface area contributed by atoms with Crippen LogP contribution in [-0.4, -0.2) is 16.9 Å². The van der Waals surface area contributed by atoms with Gasteiger partial charge in [-0.15, -0.1) is 6.42 Å². The van der Waals surface area contributed by atoms with Crippen LogP contribution >= 0.6 is 0 Å². The van der Waals surface area contributed by atoms with Crippen LogP contribution in [0.15, 0.2) is 18.2 Å². The molecule has 1 aromatic rings. The molecule has 0 bridgehead atoms. The molecule has 0 saturated heterocycles. The number of nitrogens with zero attached hydrogens (tertiary/aromatic N) is 1. The van der Waals surface area contributed by atoms with Crippen LogP contribution in [0.5, 0.6) is 0 Å². The van der Waals surface area contributed by atoms with Gasteiger partial charge in [0.25, 0.3) is 11.6 Å². The van der Waals surface area contributed by atoms with E-state index >= 15 is 0 Å². The van der Waals surface area contributed by atoms with E-state index in [2.05, 4.69) is 11.2 Å². The first kappa shape index (κ1) is 13.7. The van der Waals surface area contributed by atoms with Crippen molar-refractivity contribution in [3.63, 3.8) is 0 Å². The van der Waals surface area contributed by atoms with Gasteiger partial charge in [-0.2, -0.15) is 0 Å². The molecule has 18 heavy (non-hydrogen) atoms. The van der Waals surface area contributed by atoms with Gasteiger partial charge in [0, 0.05) is 6.07 Å². The maximum Gasteiger partial charge on any atom is 0.282 e. The van der Waals surface area contributed by atoms with E-state index in [0.29, 0.717) is 12.0 Å². The molecule has 1 unspecified atom stereocenters. The number of rotatable bonds is 4. The Hall–Kier alpha value is -2.35. The second kappa shape index (κ2) is 5.82. The molecule has 1 atom stereocenters. The Bertz CT molecular complexity index is 517. The minimum absolute atomic E-state index is 0.0659. The smallest absolute Gasteiger partial charge is 0.282 e. The predicted octanol–water partition coefficient (Wildman–Crippen LogP) is 2.04. The number of nitro groups is 1. The summed E-state index contributed by atoms with van der Waals surface area (Å²) in [5.41, 5.74) is 0.407. The number of amides is 1. The Kier molecular flexibility index (Phi) is 4.44. The third-order valence-electron chi connectivity index (χ3n) is 2.59. The normalized spacial score (nSPS) is 11.4. The number of nitro benzene ring substituents is 1. The minimum Gasteiger partial charge on any atom is -0.338 e. The molecule has 5 nitrogen and oxygen atoms in total. The number of carbonyl (C=O) groups excluding carboxylic acids is 1. The maximum atomic E-state index is 12.0. The van der Waals surface area contributed by atoms with Gasteiger partial charge >= 0.3 is 0 Å². The van der Waals surface area contributed by atoms with Gasteiger partial charge in [-0.05, 0) is 18.9 Å². The first-order valence-electron chi connectivity index (χ1n) is 5.52. The Morgan fingerprint density at radius 3 is 2.78 bits per heavy atom. The van der Waals surface area contributed by atoms with E-state index < -0.39 is 16.9 Å². The zero-order chi connectivity index (χ0) is 13.7. The molecular weight excluding hydrogens is 232 g/mol. The lowest BCUT2D eigenvalue weighted by Crippen LogP contribution is -2.34. The summed E-state index contributed by atoms with van der Waals surface area (Å²) in [6.07, 6.45) is 5.82. The molecule has 0 aliphatic rings. The average Bonchev–Trinajstić information content (AvgIpc) is 2.35. The summed E-state index contributed by atoms with van der Waals surface area (Å²) in [5, 5.41) is 13.5. The van der Waals surface area contributed by atoms with E-state index in [1.54, 1.807) is 19.1 Å². The lowest BCUT2D eigenvalue weighted by atomic mass is 10.1. The Morgan fingerprint density at radius 2 is 2.28 bits per heavy atom. The SMILES string of the molecule is C#CC(CC)NC(=O)c1c(C)cccc1[N+](=O)[O-].